The molecule has 0 aromatic heterocycles. The number of hydrogen-bond acceptors (Lipinski definition) is 13. The predicted octanol–water partition coefficient (Wildman–Crippen LogP) is -1.13. The molecule has 0 aliphatic carbocycles. The third kappa shape index (κ3) is 23.3. The van der Waals surface area contributed by atoms with E-state index < -0.39 is 107 Å². The van der Waals surface area contributed by atoms with E-state index in [1.54, 1.807) is 13.8 Å². The van der Waals surface area contributed by atoms with Crippen LogP contribution in [0.1, 0.15) is 145 Å². The van der Waals surface area contributed by atoms with Gasteiger partial charge in [0.25, 0.3) is 0 Å². The molecule has 66 heavy (non-hydrogen) atoms. The molecule has 0 saturated carbocycles. The van der Waals surface area contributed by atoms with Crippen molar-refractivity contribution in [2.75, 3.05) is 26.2 Å². The highest BCUT2D eigenvalue weighted by Crippen LogP contribution is 2.15. The number of carbonyl (C=O) groups is 8. The monoisotopic (exact) mass is 940 g/mol. The summed E-state index contributed by atoms with van der Waals surface area (Å²) in [4.78, 5) is 108. The van der Waals surface area contributed by atoms with Crippen molar-refractivity contribution >= 4 is 47.3 Å². The number of rotatable bonds is 37. The second-order valence-electron chi connectivity index (χ2n) is 17.7. The number of primary amides is 1. The Morgan fingerprint density at radius 3 is 1.00 bits per heavy atom. The van der Waals surface area contributed by atoms with Crippen molar-refractivity contribution in [1.82, 2.24) is 37.2 Å². The zero-order valence-corrected chi connectivity index (χ0v) is 41.0. The Balaban J connectivity index is 6.48. The second kappa shape index (κ2) is 34.8. The van der Waals surface area contributed by atoms with Gasteiger partial charge < -0.3 is 71.6 Å². The lowest BCUT2D eigenvalue weighted by atomic mass is 9.95. The number of nitrogens with two attached hydrogens (primary N) is 6. The van der Waals surface area contributed by atoms with Crippen molar-refractivity contribution < 1.29 is 38.4 Å². The van der Waals surface area contributed by atoms with Gasteiger partial charge in [0.05, 0.1) is 6.04 Å². The van der Waals surface area contributed by atoms with Crippen molar-refractivity contribution in [2.45, 2.75) is 193 Å². The summed E-state index contributed by atoms with van der Waals surface area (Å²) >= 11 is 0. The minimum Gasteiger partial charge on any atom is -0.368 e. The lowest BCUT2D eigenvalue weighted by molar-refractivity contribution is -0.137. The quantitative estimate of drug-likeness (QED) is 0.0328. The maximum Gasteiger partial charge on any atom is 0.243 e. The van der Waals surface area contributed by atoms with Crippen LogP contribution in [0.3, 0.4) is 0 Å². The van der Waals surface area contributed by atoms with Crippen LogP contribution in [0.5, 0.6) is 0 Å². The highest BCUT2D eigenvalue weighted by atomic mass is 16.2. The van der Waals surface area contributed by atoms with Crippen LogP contribution in [-0.4, -0.2) is 122 Å². The Hall–Kier alpha value is -4.44. The van der Waals surface area contributed by atoms with Crippen LogP contribution >= 0.6 is 0 Å². The molecule has 0 bridgehead atoms. The third-order valence-corrected chi connectivity index (χ3v) is 12.2. The summed E-state index contributed by atoms with van der Waals surface area (Å²) in [5.41, 5.74) is 34.4. The van der Waals surface area contributed by atoms with Crippen LogP contribution in [-0.2, 0) is 38.4 Å². The Bertz CT molecular complexity index is 1490. The largest absolute Gasteiger partial charge is 0.368 e. The SMILES string of the molecule is CC[C@H](C)[C@H](N)C(=O)N[C@@H](CCCCN)C(=O)N[C@H](C(=O)N[C@@H](CCCCN)C(=O)N[C@H](C(=O)N[C@@H](CCCCN)C(=O)N[C@@H](C)C(=O)N[C@@H](CCCCN)C(N)=O)[C@@H](C)CC)[C@@H](C)CC. The molecule has 0 unspecified atom stereocenters. The van der Waals surface area contributed by atoms with E-state index in [0.29, 0.717) is 96.8 Å². The van der Waals surface area contributed by atoms with Gasteiger partial charge >= 0.3 is 0 Å². The van der Waals surface area contributed by atoms with Gasteiger partial charge in [-0.15, -0.1) is 0 Å². The van der Waals surface area contributed by atoms with E-state index >= 15 is 0 Å². The molecule has 0 aliphatic heterocycles. The van der Waals surface area contributed by atoms with Crippen molar-refractivity contribution in [3.63, 3.8) is 0 Å². The Kier molecular flexibility index (Phi) is 32.5. The summed E-state index contributed by atoms with van der Waals surface area (Å²) in [5, 5.41) is 19.2. The molecule has 0 saturated heterocycles. The van der Waals surface area contributed by atoms with Gasteiger partial charge in [0.2, 0.25) is 47.3 Å². The predicted molar refractivity (Wildman–Crippen MR) is 256 cm³/mol. The minimum absolute atomic E-state index is 0.136. The van der Waals surface area contributed by atoms with Crippen LogP contribution in [0.2, 0.25) is 0 Å². The van der Waals surface area contributed by atoms with Crippen LogP contribution in [0.15, 0.2) is 0 Å². The molecular formula is C45H89N13O8. The Morgan fingerprint density at radius 1 is 0.379 bits per heavy atom. The highest BCUT2D eigenvalue weighted by molar-refractivity contribution is 5.97. The first kappa shape index (κ1) is 61.6. The maximum absolute atomic E-state index is 14.2. The highest BCUT2D eigenvalue weighted by Gasteiger charge is 2.36. The zero-order valence-electron chi connectivity index (χ0n) is 41.0. The van der Waals surface area contributed by atoms with Crippen LogP contribution in [0.4, 0.5) is 0 Å². The van der Waals surface area contributed by atoms with E-state index in [1.165, 1.54) is 6.92 Å². The van der Waals surface area contributed by atoms with Gasteiger partial charge in [-0.1, -0.05) is 60.8 Å². The van der Waals surface area contributed by atoms with Gasteiger partial charge in [0, 0.05) is 0 Å². The smallest absolute Gasteiger partial charge is 0.243 e. The third-order valence-electron chi connectivity index (χ3n) is 12.2. The van der Waals surface area contributed by atoms with Gasteiger partial charge in [-0.25, -0.2) is 0 Å². The molecule has 0 aromatic carbocycles. The molecule has 0 fully saturated rings. The molecule has 382 valence electrons. The fourth-order valence-corrected chi connectivity index (χ4v) is 6.95. The van der Waals surface area contributed by atoms with Crippen LogP contribution < -0.4 is 71.6 Å². The molecule has 0 spiro atoms. The number of nitrogens with one attached hydrogen (secondary N) is 7. The summed E-state index contributed by atoms with van der Waals surface area (Å²) < 4.78 is 0. The Morgan fingerprint density at radius 2 is 0.682 bits per heavy atom. The maximum atomic E-state index is 14.2. The minimum atomic E-state index is -1.16. The number of carbonyl (C=O) groups excluding carboxylic acids is 8. The fraction of sp³-hybridized carbons (Fsp3) is 0.822. The van der Waals surface area contributed by atoms with Crippen molar-refractivity contribution in [2.24, 2.45) is 52.2 Å². The molecule has 0 aromatic rings. The van der Waals surface area contributed by atoms with E-state index in [0.717, 1.165) is 0 Å². The molecule has 19 N–H and O–H groups in total. The van der Waals surface area contributed by atoms with Crippen molar-refractivity contribution in [3.05, 3.63) is 0 Å². The molecule has 11 atom stereocenters. The van der Waals surface area contributed by atoms with Gasteiger partial charge in [0.15, 0.2) is 0 Å². The van der Waals surface area contributed by atoms with Crippen molar-refractivity contribution in [1.29, 1.82) is 0 Å². The van der Waals surface area contributed by atoms with E-state index in [-0.39, 0.29) is 31.6 Å². The first-order chi connectivity index (χ1) is 31.3. The zero-order chi connectivity index (χ0) is 50.4. The lowest BCUT2D eigenvalue weighted by Gasteiger charge is -2.31. The molecule has 21 nitrogen and oxygen atoms in total. The van der Waals surface area contributed by atoms with Crippen LogP contribution in [0.25, 0.3) is 0 Å². The first-order valence-corrected chi connectivity index (χ1v) is 24.3. The standard InChI is InChI=1S/C45H89N13O8/c1-8-27(4)35(50)43(64)54-33(21-13-17-25-48)41(62)57-37(29(6)10-3)45(66)56-34(22-14-18-26-49)42(63)58-36(28(5)9-2)44(65)55-32(20-12-16-24-47)40(61)52-30(7)39(60)53-31(38(51)59)19-11-15-23-46/h27-37H,8-26,46-50H2,1-7H3,(H2,51,59)(H,52,61)(H,53,60)(H,54,64)(H,55,65)(H,56,66)(H,57,62)(H,58,63)/t27-,28-,29-,30-,31-,32-,33-,34-,35-,36-,37-/m0/s1. The molecule has 21 heteroatoms. The van der Waals surface area contributed by atoms with Gasteiger partial charge in [0.1, 0.15) is 42.3 Å². The van der Waals surface area contributed by atoms with E-state index in [1.807, 2.05) is 27.7 Å². The fourth-order valence-electron chi connectivity index (χ4n) is 6.95. The van der Waals surface area contributed by atoms with E-state index in [4.69, 9.17) is 34.4 Å². The number of unbranched alkanes of at least 4 members (excludes halogenated alkanes) is 4. The average Bonchev–Trinajstić information content (AvgIpc) is 3.29. The molecule has 0 rings (SSSR count). The summed E-state index contributed by atoms with van der Waals surface area (Å²) in [6.07, 6.45) is 6.76. The summed E-state index contributed by atoms with van der Waals surface area (Å²) in [6, 6.07) is -8.45. The number of amides is 8. The van der Waals surface area contributed by atoms with Gasteiger partial charge in [-0.05, 0) is 128 Å². The molecule has 0 aliphatic rings. The molecule has 0 heterocycles. The summed E-state index contributed by atoms with van der Waals surface area (Å²) in [7, 11) is 0. The molecular weight excluding hydrogens is 851 g/mol. The van der Waals surface area contributed by atoms with Gasteiger partial charge in [-0.2, -0.15) is 0 Å². The molecule has 8 amide bonds. The molecule has 0 radical (unpaired) electrons. The first-order valence-electron chi connectivity index (χ1n) is 24.3. The topological polar surface area (TPSA) is 377 Å². The van der Waals surface area contributed by atoms with Crippen molar-refractivity contribution in [3.8, 4) is 0 Å². The average molecular weight is 940 g/mol. The normalized spacial score (nSPS) is 16.3. The Labute approximate surface area is 393 Å². The second-order valence-corrected chi connectivity index (χ2v) is 17.7. The van der Waals surface area contributed by atoms with E-state index in [9.17, 15) is 38.4 Å². The number of hydrogen-bond donors (Lipinski definition) is 13. The van der Waals surface area contributed by atoms with E-state index in [2.05, 4.69) is 37.2 Å². The summed E-state index contributed by atoms with van der Waals surface area (Å²) in [5.74, 6) is -6.04. The van der Waals surface area contributed by atoms with Crippen LogP contribution in [0, 0.1) is 17.8 Å². The lowest BCUT2D eigenvalue weighted by Crippen LogP contribution is -2.61. The van der Waals surface area contributed by atoms with Gasteiger partial charge in [-0.3, -0.25) is 38.4 Å². The summed E-state index contributed by atoms with van der Waals surface area (Å²) in [6.45, 7) is 13.9.